The summed E-state index contributed by atoms with van der Waals surface area (Å²) in [5.74, 6) is 2.49. The predicted molar refractivity (Wildman–Crippen MR) is 116 cm³/mol. The van der Waals surface area contributed by atoms with Gasteiger partial charge in [0.2, 0.25) is 12.7 Å². The molecule has 31 heavy (non-hydrogen) atoms. The van der Waals surface area contributed by atoms with Gasteiger partial charge >= 0.3 is 0 Å². The summed E-state index contributed by atoms with van der Waals surface area (Å²) in [5, 5.41) is 0.996. The van der Waals surface area contributed by atoms with Crippen molar-refractivity contribution in [3.05, 3.63) is 36.8 Å². The van der Waals surface area contributed by atoms with Crippen LogP contribution in [0.3, 0.4) is 0 Å². The fourth-order valence-electron chi connectivity index (χ4n) is 5.33. The number of aromatic nitrogens is 4. The summed E-state index contributed by atoms with van der Waals surface area (Å²) < 4.78 is 19.1. The fourth-order valence-corrected chi connectivity index (χ4v) is 5.33. The number of hydrogen-bond acceptors (Lipinski definition) is 6. The van der Waals surface area contributed by atoms with Gasteiger partial charge in [-0.05, 0) is 30.7 Å². The lowest BCUT2D eigenvalue weighted by molar-refractivity contribution is 0.133. The van der Waals surface area contributed by atoms with Crippen molar-refractivity contribution in [3.8, 4) is 22.6 Å². The first-order chi connectivity index (χ1) is 15.3. The Kier molecular flexibility index (Phi) is 3.58. The van der Waals surface area contributed by atoms with Crippen LogP contribution in [0.5, 0.6) is 11.5 Å². The molecule has 0 aliphatic carbocycles. The van der Waals surface area contributed by atoms with Crippen molar-refractivity contribution in [1.82, 2.24) is 19.4 Å². The smallest absolute Gasteiger partial charge is 0.231 e. The third kappa shape index (κ3) is 2.51. The van der Waals surface area contributed by atoms with Gasteiger partial charge in [-0.25, -0.2) is 4.98 Å². The summed E-state index contributed by atoms with van der Waals surface area (Å²) in [6.07, 6.45) is 9.32. The van der Waals surface area contributed by atoms with Crippen LogP contribution < -0.4 is 14.4 Å². The normalized spacial score (nSPS) is 19.8. The second-order valence-electron chi connectivity index (χ2n) is 8.79. The van der Waals surface area contributed by atoms with Gasteiger partial charge in [0.05, 0.1) is 12.0 Å². The van der Waals surface area contributed by atoms with Crippen molar-refractivity contribution < 1.29 is 14.2 Å². The summed E-state index contributed by atoms with van der Waals surface area (Å²) in [6.45, 7) is 4.03. The number of benzene rings is 1. The Balaban J connectivity index is 1.34. The first kappa shape index (κ1) is 17.4. The number of piperidine rings is 1. The Labute approximate surface area is 178 Å². The topological polar surface area (TPSA) is 76.9 Å². The third-order valence-electron chi connectivity index (χ3n) is 7.13. The highest BCUT2D eigenvalue weighted by Crippen LogP contribution is 2.44. The molecule has 3 aliphatic heterocycles. The molecule has 3 aliphatic rings. The lowest BCUT2D eigenvalue weighted by Crippen LogP contribution is -2.41. The maximum atomic E-state index is 5.76. The second kappa shape index (κ2) is 6.37. The van der Waals surface area contributed by atoms with Crippen LogP contribution in [0.25, 0.3) is 27.8 Å². The average molecular weight is 417 g/mol. The minimum atomic E-state index is 0.247. The number of aromatic amines is 1. The maximum Gasteiger partial charge on any atom is 0.231 e. The highest BCUT2D eigenvalue weighted by atomic mass is 16.7. The van der Waals surface area contributed by atoms with Crippen LogP contribution in [0.4, 0.5) is 5.95 Å². The molecule has 0 unspecified atom stereocenters. The molecule has 0 radical (unpaired) electrons. The van der Waals surface area contributed by atoms with Crippen LogP contribution in [0.1, 0.15) is 19.3 Å². The summed E-state index contributed by atoms with van der Waals surface area (Å²) in [5.41, 5.74) is 4.11. The number of nitrogens with zero attached hydrogens (tertiary/aromatic N) is 4. The van der Waals surface area contributed by atoms with Crippen LogP contribution in [-0.2, 0) is 4.74 Å². The number of fused-ring (bicyclic) bond motifs is 4. The van der Waals surface area contributed by atoms with Gasteiger partial charge in [0.1, 0.15) is 5.65 Å². The Morgan fingerprint density at radius 2 is 2.00 bits per heavy atom. The molecule has 3 aromatic heterocycles. The summed E-state index contributed by atoms with van der Waals surface area (Å²) in [6, 6.07) is 5.97. The minimum absolute atomic E-state index is 0.247. The van der Waals surface area contributed by atoms with Gasteiger partial charge in [-0.2, -0.15) is 4.98 Å². The molecule has 1 aromatic carbocycles. The van der Waals surface area contributed by atoms with Crippen LogP contribution >= 0.6 is 0 Å². The van der Waals surface area contributed by atoms with E-state index in [1.54, 1.807) is 0 Å². The third-order valence-corrected chi connectivity index (χ3v) is 7.13. The molecule has 1 spiro atoms. The van der Waals surface area contributed by atoms with Gasteiger partial charge < -0.3 is 24.1 Å². The number of imidazole rings is 1. The van der Waals surface area contributed by atoms with Gasteiger partial charge in [-0.15, -0.1) is 0 Å². The number of para-hydroxylation sites is 1. The standard InChI is InChI=1S/C23H23N5O3/c1-2-15(19-17(3-1)30-14-31-19)16-12-25-20-18(16)21-24-7-10-28(21)22(26-20)27-8-4-23(5-9-27)6-11-29-13-23/h1-3,7,10,12,25H,4-6,8-9,11,13-14H2. The number of H-pyrrole nitrogens is 1. The number of ether oxygens (including phenoxy) is 3. The first-order valence-electron chi connectivity index (χ1n) is 10.9. The zero-order valence-corrected chi connectivity index (χ0v) is 17.1. The van der Waals surface area contributed by atoms with E-state index >= 15 is 0 Å². The highest BCUT2D eigenvalue weighted by molar-refractivity contribution is 6.04. The molecule has 8 heteroatoms. The van der Waals surface area contributed by atoms with E-state index in [9.17, 15) is 0 Å². The largest absolute Gasteiger partial charge is 0.454 e. The summed E-state index contributed by atoms with van der Waals surface area (Å²) >= 11 is 0. The van der Waals surface area contributed by atoms with Crippen molar-refractivity contribution in [1.29, 1.82) is 0 Å². The van der Waals surface area contributed by atoms with Crippen molar-refractivity contribution in [2.45, 2.75) is 19.3 Å². The molecular formula is C23H23N5O3. The van der Waals surface area contributed by atoms with E-state index in [1.165, 1.54) is 6.42 Å². The van der Waals surface area contributed by atoms with Gasteiger partial charge in [0.25, 0.3) is 0 Å². The molecular weight excluding hydrogens is 394 g/mol. The van der Waals surface area contributed by atoms with Gasteiger partial charge in [0, 0.05) is 49.4 Å². The molecule has 0 atom stereocenters. The zero-order chi connectivity index (χ0) is 20.4. The van der Waals surface area contributed by atoms with Crippen molar-refractivity contribution in [3.63, 3.8) is 0 Å². The first-order valence-corrected chi connectivity index (χ1v) is 10.9. The van der Waals surface area contributed by atoms with Crippen molar-refractivity contribution in [2.24, 2.45) is 5.41 Å². The molecule has 8 nitrogen and oxygen atoms in total. The molecule has 4 aromatic rings. The number of hydrogen-bond donors (Lipinski definition) is 1. The SMILES string of the molecule is c1cc2c(c(-c3c[nH]c4nc(N5CCC6(CCOC6)CC5)n5ccnc5c34)c1)OCO2. The number of nitrogens with one attached hydrogen (secondary N) is 1. The average Bonchev–Trinajstić information content (AvgIpc) is 3.58. The van der Waals surface area contributed by atoms with Gasteiger partial charge in [0.15, 0.2) is 17.1 Å². The van der Waals surface area contributed by atoms with E-state index in [1.807, 2.05) is 30.7 Å². The molecule has 1 N–H and O–H groups in total. The van der Waals surface area contributed by atoms with E-state index in [0.717, 1.165) is 84.4 Å². The Morgan fingerprint density at radius 1 is 1.06 bits per heavy atom. The lowest BCUT2D eigenvalue weighted by atomic mass is 9.78. The molecule has 7 rings (SSSR count). The summed E-state index contributed by atoms with van der Waals surface area (Å²) in [7, 11) is 0. The Bertz CT molecular complexity index is 1290. The van der Waals surface area contributed by atoms with E-state index in [0.29, 0.717) is 5.41 Å². The molecule has 0 saturated carbocycles. The van der Waals surface area contributed by atoms with E-state index in [-0.39, 0.29) is 6.79 Å². The Hall–Kier alpha value is -3.26. The quantitative estimate of drug-likeness (QED) is 0.537. The number of rotatable bonds is 2. The molecule has 2 fully saturated rings. The predicted octanol–water partition coefficient (Wildman–Crippen LogP) is 3.61. The van der Waals surface area contributed by atoms with Gasteiger partial charge in [-0.3, -0.25) is 4.40 Å². The monoisotopic (exact) mass is 417 g/mol. The van der Waals surface area contributed by atoms with E-state index in [4.69, 9.17) is 24.2 Å². The lowest BCUT2D eigenvalue weighted by Gasteiger charge is -2.38. The molecule has 0 amide bonds. The molecule has 158 valence electrons. The second-order valence-corrected chi connectivity index (χ2v) is 8.79. The summed E-state index contributed by atoms with van der Waals surface area (Å²) in [4.78, 5) is 15.5. The van der Waals surface area contributed by atoms with Crippen LogP contribution in [-0.4, -0.2) is 52.4 Å². The van der Waals surface area contributed by atoms with E-state index < -0.39 is 0 Å². The molecule has 0 bridgehead atoms. The van der Waals surface area contributed by atoms with Crippen LogP contribution in [0.2, 0.25) is 0 Å². The van der Waals surface area contributed by atoms with Gasteiger partial charge in [-0.1, -0.05) is 12.1 Å². The maximum absolute atomic E-state index is 5.76. The fraction of sp³-hybridized carbons (Fsp3) is 0.391. The van der Waals surface area contributed by atoms with Crippen LogP contribution in [0, 0.1) is 5.41 Å². The van der Waals surface area contributed by atoms with Crippen molar-refractivity contribution >= 4 is 22.6 Å². The minimum Gasteiger partial charge on any atom is -0.454 e. The highest BCUT2D eigenvalue weighted by Gasteiger charge is 2.38. The molecule has 6 heterocycles. The number of anilines is 1. The molecule has 2 saturated heterocycles. The van der Waals surface area contributed by atoms with Crippen LogP contribution in [0.15, 0.2) is 36.8 Å². The Morgan fingerprint density at radius 3 is 2.87 bits per heavy atom. The van der Waals surface area contributed by atoms with E-state index in [2.05, 4.69) is 20.4 Å². The van der Waals surface area contributed by atoms with Crippen molar-refractivity contribution in [2.75, 3.05) is 38.0 Å². The zero-order valence-electron chi connectivity index (χ0n) is 17.1.